The van der Waals surface area contributed by atoms with E-state index in [0.717, 1.165) is 24.8 Å². The van der Waals surface area contributed by atoms with Gasteiger partial charge in [0.05, 0.1) is 17.8 Å². The lowest BCUT2D eigenvalue weighted by Gasteiger charge is -2.05. The molecule has 2 aromatic rings. The quantitative estimate of drug-likeness (QED) is 0.814. The second-order valence-electron chi connectivity index (χ2n) is 4.92. The summed E-state index contributed by atoms with van der Waals surface area (Å²) in [4.78, 5) is 22.6. The van der Waals surface area contributed by atoms with Crippen LogP contribution in [0.25, 0.3) is 0 Å². The van der Waals surface area contributed by atoms with Gasteiger partial charge >= 0.3 is 5.97 Å². The van der Waals surface area contributed by atoms with E-state index >= 15 is 0 Å². The van der Waals surface area contributed by atoms with Gasteiger partial charge in [-0.15, -0.1) is 0 Å². The molecule has 0 bridgehead atoms. The van der Waals surface area contributed by atoms with Crippen molar-refractivity contribution in [3.05, 3.63) is 41.2 Å². The number of carboxylic acids is 1. The Balaban J connectivity index is 1.94. The molecular weight excluding hydrogens is 288 g/mol. The highest BCUT2D eigenvalue weighted by molar-refractivity contribution is 5.95. The fraction of sp³-hybridized carbons (Fsp3) is 0.400. The average Bonchev–Trinajstić information content (AvgIpc) is 3.16. The third-order valence-corrected chi connectivity index (χ3v) is 3.47. The number of amides is 1. The summed E-state index contributed by atoms with van der Waals surface area (Å²) in [6, 6.07) is 3.00. The number of rotatable bonds is 7. The van der Waals surface area contributed by atoms with E-state index in [2.05, 4.69) is 24.3 Å². The van der Waals surface area contributed by atoms with E-state index in [-0.39, 0.29) is 17.9 Å². The topological polar surface area (TPSA) is 106 Å². The number of carboxylic acid groups (broad SMARTS) is 1. The zero-order valence-electron chi connectivity index (χ0n) is 12.5. The van der Waals surface area contributed by atoms with Gasteiger partial charge in [0.25, 0.3) is 5.91 Å². The lowest BCUT2D eigenvalue weighted by Crippen LogP contribution is -2.22. The second kappa shape index (κ2) is 6.93. The number of carbonyl (C=O) groups is 2. The zero-order valence-corrected chi connectivity index (χ0v) is 12.5. The highest BCUT2D eigenvalue weighted by Gasteiger charge is 2.16. The number of furan rings is 1. The van der Waals surface area contributed by atoms with Crippen molar-refractivity contribution in [3.8, 4) is 0 Å². The Bertz CT molecular complexity index is 654. The SMILES string of the molecule is CCC(CC)c1cc(CNC(=O)c2cc(C(=O)O)co2)on1. The first-order valence-electron chi connectivity index (χ1n) is 7.10. The number of nitrogens with zero attached hydrogens (tertiary/aromatic N) is 1. The van der Waals surface area contributed by atoms with E-state index < -0.39 is 11.9 Å². The van der Waals surface area contributed by atoms with Crippen molar-refractivity contribution in [1.29, 1.82) is 0 Å². The van der Waals surface area contributed by atoms with Crippen molar-refractivity contribution in [2.24, 2.45) is 0 Å². The molecule has 0 unspecified atom stereocenters. The summed E-state index contributed by atoms with van der Waals surface area (Å²) in [5.74, 6) is -0.824. The molecule has 0 spiro atoms. The maximum Gasteiger partial charge on any atom is 0.338 e. The molecule has 0 aliphatic heterocycles. The summed E-state index contributed by atoms with van der Waals surface area (Å²) in [5.41, 5.74) is 0.807. The van der Waals surface area contributed by atoms with Gasteiger partial charge in [-0.25, -0.2) is 4.79 Å². The van der Waals surface area contributed by atoms with Gasteiger partial charge in [-0.1, -0.05) is 19.0 Å². The predicted molar refractivity (Wildman–Crippen MR) is 76.7 cm³/mol. The molecule has 0 atom stereocenters. The molecule has 0 aromatic carbocycles. The molecule has 0 fully saturated rings. The average molecular weight is 306 g/mol. The molecule has 2 aromatic heterocycles. The van der Waals surface area contributed by atoms with Crippen LogP contribution in [-0.4, -0.2) is 22.1 Å². The van der Waals surface area contributed by atoms with Gasteiger partial charge in [0.15, 0.2) is 11.5 Å². The molecule has 2 heterocycles. The fourth-order valence-corrected chi connectivity index (χ4v) is 2.13. The molecule has 7 nitrogen and oxygen atoms in total. The molecular formula is C15H18N2O5. The van der Waals surface area contributed by atoms with Crippen LogP contribution in [0.3, 0.4) is 0 Å². The van der Waals surface area contributed by atoms with Crippen LogP contribution in [0, 0.1) is 0 Å². The molecule has 22 heavy (non-hydrogen) atoms. The Morgan fingerprint density at radius 3 is 2.64 bits per heavy atom. The minimum Gasteiger partial charge on any atom is -0.478 e. The van der Waals surface area contributed by atoms with Gasteiger partial charge in [-0.2, -0.15) is 0 Å². The Morgan fingerprint density at radius 2 is 2.05 bits per heavy atom. The Hall–Kier alpha value is -2.57. The van der Waals surface area contributed by atoms with Crippen molar-refractivity contribution in [2.75, 3.05) is 0 Å². The highest BCUT2D eigenvalue weighted by Crippen LogP contribution is 2.22. The molecule has 2 rings (SSSR count). The van der Waals surface area contributed by atoms with Crippen molar-refractivity contribution in [1.82, 2.24) is 10.5 Å². The van der Waals surface area contributed by atoms with Crippen LogP contribution in [-0.2, 0) is 6.54 Å². The lowest BCUT2D eigenvalue weighted by atomic mass is 9.99. The summed E-state index contributed by atoms with van der Waals surface area (Å²) in [5, 5.41) is 15.4. The summed E-state index contributed by atoms with van der Waals surface area (Å²) >= 11 is 0. The van der Waals surface area contributed by atoms with E-state index in [1.54, 1.807) is 0 Å². The smallest absolute Gasteiger partial charge is 0.338 e. The highest BCUT2D eigenvalue weighted by atomic mass is 16.5. The summed E-state index contributed by atoms with van der Waals surface area (Å²) in [7, 11) is 0. The normalized spacial score (nSPS) is 10.9. The maximum atomic E-state index is 11.8. The summed E-state index contributed by atoms with van der Waals surface area (Å²) in [6.07, 6.45) is 2.97. The Kier molecular flexibility index (Phi) is 4.98. The summed E-state index contributed by atoms with van der Waals surface area (Å²) in [6.45, 7) is 4.33. The van der Waals surface area contributed by atoms with Gasteiger partial charge < -0.3 is 19.4 Å². The van der Waals surface area contributed by atoms with Crippen LogP contribution in [0.1, 0.15) is 65.0 Å². The standard InChI is InChI=1S/C15H18N2O5/c1-3-9(4-2)12-6-11(22-17-12)7-16-14(18)13-5-10(8-21-13)15(19)20/h5-6,8-9H,3-4,7H2,1-2H3,(H,16,18)(H,19,20). The number of nitrogens with one attached hydrogen (secondary N) is 1. The number of aromatic carboxylic acids is 1. The third kappa shape index (κ3) is 3.55. The number of hydrogen-bond acceptors (Lipinski definition) is 5. The minimum absolute atomic E-state index is 0.0582. The predicted octanol–water partition coefficient (Wildman–Crippen LogP) is 2.80. The lowest BCUT2D eigenvalue weighted by molar-refractivity contribution is 0.0696. The molecule has 0 aliphatic rings. The van der Waals surface area contributed by atoms with Gasteiger partial charge in [-0.3, -0.25) is 4.79 Å². The van der Waals surface area contributed by atoms with Gasteiger partial charge in [0.1, 0.15) is 6.26 Å². The largest absolute Gasteiger partial charge is 0.478 e. The molecule has 1 amide bonds. The molecule has 0 radical (unpaired) electrons. The molecule has 0 saturated heterocycles. The molecule has 2 N–H and O–H groups in total. The van der Waals surface area contributed by atoms with E-state index in [9.17, 15) is 9.59 Å². The van der Waals surface area contributed by atoms with Crippen LogP contribution in [0.5, 0.6) is 0 Å². The van der Waals surface area contributed by atoms with Gasteiger partial charge in [0.2, 0.25) is 0 Å². The van der Waals surface area contributed by atoms with Gasteiger partial charge in [-0.05, 0) is 12.8 Å². The van der Waals surface area contributed by atoms with E-state index in [1.807, 2.05) is 6.07 Å². The van der Waals surface area contributed by atoms with Crippen LogP contribution >= 0.6 is 0 Å². The monoisotopic (exact) mass is 306 g/mol. The van der Waals surface area contributed by atoms with Crippen molar-refractivity contribution in [2.45, 2.75) is 39.2 Å². The first-order valence-corrected chi connectivity index (χ1v) is 7.10. The van der Waals surface area contributed by atoms with Crippen LogP contribution in [0.15, 0.2) is 27.3 Å². The van der Waals surface area contributed by atoms with E-state index in [4.69, 9.17) is 14.0 Å². The molecule has 0 saturated carbocycles. The van der Waals surface area contributed by atoms with Crippen LogP contribution < -0.4 is 5.32 Å². The number of aromatic nitrogens is 1. The van der Waals surface area contributed by atoms with Crippen LogP contribution in [0.4, 0.5) is 0 Å². The second-order valence-corrected chi connectivity index (χ2v) is 4.92. The first-order chi connectivity index (χ1) is 10.5. The van der Waals surface area contributed by atoms with E-state index in [1.165, 1.54) is 6.07 Å². The van der Waals surface area contributed by atoms with Crippen molar-refractivity contribution >= 4 is 11.9 Å². The Morgan fingerprint density at radius 1 is 1.32 bits per heavy atom. The Labute approximate surface area is 127 Å². The van der Waals surface area contributed by atoms with Crippen molar-refractivity contribution < 1.29 is 23.6 Å². The van der Waals surface area contributed by atoms with Crippen molar-refractivity contribution in [3.63, 3.8) is 0 Å². The molecule has 0 aliphatic carbocycles. The first kappa shape index (κ1) is 15.8. The van der Waals surface area contributed by atoms with Gasteiger partial charge in [0, 0.05) is 18.1 Å². The third-order valence-electron chi connectivity index (χ3n) is 3.47. The minimum atomic E-state index is -1.15. The number of hydrogen-bond donors (Lipinski definition) is 2. The fourth-order valence-electron chi connectivity index (χ4n) is 2.13. The summed E-state index contributed by atoms with van der Waals surface area (Å²) < 4.78 is 10.1. The molecule has 118 valence electrons. The van der Waals surface area contributed by atoms with Crippen LogP contribution in [0.2, 0.25) is 0 Å². The van der Waals surface area contributed by atoms with E-state index in [0.29, 0.717) is 11.7 Å². The zero-order chi connectivity index (χ0) is 16.1. The molecule has 7 heteroatoms. The number of carbonyl (C=O) groups excluding carboxylic acids is 1. The maximum absolute atomic E-state index is 11.8.